The van der Waals surface area contributed by atoms with Crippen LogP contribution in [0.5, 0.6) is 0 Å². The Morgan fingerprint density at radius 3 is 2.64 bits per heavy atom. The van der Waals surface area contributed by atoms with Crippen molar-refractivity contribution in [3.8, 4) is 0 Å². The molecular weight excluding hydrogens is 348 g/mol. The third-order valence-corrected chi connectivity index (χ3v) is 4.63. The molecular formula is C14H12N6O4S. The highest BCUT2D eigenvalue weighted by Gasteiger charge is 2.35. The fraction of sp³-hybridized carbons (Fsp3) is 0.143. The third-order valence-electron chi connectivity index (χ3n) is 3.42. The molecule has 1 fully saturated rings. The van der Waals surface area contributed by atoms with Gasteiger partial charge in [0.1, 0.15) is 5.37 Å². The number of non-ortho nitro benzene ring substituents is 1. The van der Waals surface area contributed by atoms with E-state index < -0.39 is 16.2 Å². The predicted octanol–water partition coefficient (Wildman–Crippen LogP) is 0.886. The first-order chi connectivity index (χ1) is 12.0. The lowest BCUT2D eigenvalue weighted by Gasteiger charge is -2.24. The summed E-state index contributed by atoms with van der Waals surface area (Å²) in [6.07, 6.45) is 2.67. The second-order valence-corrected chi connectivity index (χ2v) is 6.08. The van der Waals surface area contributed by atoms with E-state index in [0.29, 0.717) is 5.56 Å². The summed E-state index contributed by atoms with van der Waals surface area (Å²) in [4.78, 5) is 42.3. The molecule has 1 aliphatic rings. The van der Waals surface area contributed by atoms with Gasteiger partial charge in [0.05, 0.1) is 10.7 Å². The lowest BCUT2D eigenvalue weighted by Crippen LogP contribution is -2.45. The van der Waals surface area contributed by atoms with Gasteiger partial charge < -0.3 is 5.73 Å². The summed E-state index contributed by atoms with van der Waals surface area (Å²) in [5.74, 6) is -0.846. The van der Waals surface area contributed by atoms with E-state index >= 15 is 0 Å². The van der Waals surface area contributed by atoms with Crippen molar-refractivity contribution in [2.75, 3.05) is 11.5 Å². The molecule has 0 saturated carbocycles. The molecule has 1 aromatic carbocycles. The largest absolute Gasteiger partial charge is 0.382 e. The maximum Gasteiger partial charge on any atom is 0.292 e. The van der Waals surface area contributed by atoms with Gasteiger partial charge in [0, 0.05) is 24.5 Å². The summed E-state index contributed by atoms with van der Waals surface area (Å²) in [5, 5.41) is 11.4. The lowest BCUT2D eigenvalue weighted by atomic mass is 10.2. The quantitative estimate of drug-likeness (QED) is 0.604. The smallest absolute Gasteiger partial charge is 0.292 e. The van der Waals surface area contributed by atoms with E-state index in [-0.39, 0.29) is 28.9 Å². The van der Waals surface area contributed by atoms with E-state index in [1.165, 1.54) is 41.3 Å². The van der Waals surface area contributed by atoms with Crippen LogP contribution in [0.4, 0.5) is 11.5 Å². The summed E-state index contributed by atoms with van der Waals surface area (Å²) in [5.41, 5.74) is 8.60. The Balaban J connectivity index is 1.81. The summed E-state index contributed by atoms with van der Waals surface area (Å²) in [6.45, 7) is 0. The van der Waals surface area contributed by atoms with Crippen LogP contribution in [0.15, 0.2) is 36.7 Å². The molecule has 1 aromatic heterocycles. The van der Waals surface area contributed by atoms with Crippen molar-refractivity contribution < 1.29 is 14.5 Å². The summed E-state index contributed by atoms with van der Waals surface area (Å²) < 4.78 is 0. The predicted molar refractivity (Wildman–Crippen MR) is 89.1 cm³/mol. The summed E-state index contributed by atoms with van der Waals surface area (Å²) in [6, 6.07) is 5.78. The number of nitrogens with zero attached hydrogens (tertiary/aromatic N) is 4. The molecule has 3 rings (SSSR count). The van der Waals surface area contributed by atoms with Gasteiger partial charge in [-0.2, -0.15) is 0 Å². The number of nitro groups is 1. The Labute approximate surface area is 145 Å². The Bertz CT molecular complexity index is 843. The minimum Gasteiger partial charge on any atom is -0.382 e. The summed E-state index contributed by atoms with van der Waals surface area (Å²) in [7, 11) is 0. The van der Waals surface area contributed by atoms with Crippen LogP contribution in [0.25, 0.3) is 0 Å². The van der Waals surface area contributed by atoms with Crippen molar-refractivity contribution in [1.82, 2.24) is 20.4 Å². The minimum absolute atomic E-state index is 0.0498. The molecule has 1 saturated heterocycles. The first-order valence-corrected chi connectivity index (χ1v) is 8.07. The highest BCUT2D eigenvalue weighted by atomic mass is 32.2. The van der Waals surface area contributed by atoms with Gasteiger partial charge in [0.2, 0.25) is 0 Å². The number of hydrazine groups is 1. The van der Waals surface area contributed by atoms with Crippen molar-refractivity contribution in [1.29, 1.82) is 0 Å². The molecule has 0 radical (unpaired) electrons. The van der Waals surface area contributed by atoms with E-state index in [9.17, 15) is 19.7 Å². The van der Waals surface area contributed by atoms with Gasteiger partial charge in [-0.15, -0.1) is 11.8 Å². The lowest BCUT2D eigenvalue weighted by molar-refractivity contribution is -0.384. The molecule has 1 atom stereocenters. The van der Waals surface area contributed by atoms with Crippen molar-refractivity contribution in [3.05, 3.63) is 58.0 Å². The van der Waals surface area contributed by atoms with E-state index in [2.05, 4.69) is 15.4 Å². The van der Waals surface area contributed by atoms with Crippen LogP contribution in [0, 0.1) is 10.1 Å². The zero-order chi connectivity index (χ0) is 18.0. The number of aromatic nitrogens is 2. The Hall–Kier alpha value is -3.21. The monoisotopic (exact) mass is 360 g/mol. The molecule has 2 heterocycles. The standard InChI is InChI=1S/C14H12N6O4S/c15-12-11(16-5-6-17-12)13(22)18-19-10(21)7-25-14(19)8-1-3-9(4-2-8)20(23)24/h1-6,14H,7H2,(H2,15,17)(H,18,22)/t14-/m0/s1. The van der Waals surface area contributed by atoms with E-state index in [0.717, 1.165) is 0 Å². The zero-order valence-corrected chi connectivity index (χ0v) is 13.5. The van der Waals surface area contributed by atoms with Crippen LogP contribution in [-0.4, -0.2) is 37.5 Å². The first-order valence-electron chi connectivity index (χ1n) is 7.03. The number of benzene rings is 1. The fourth-order valence-corrected chi connectivity index (χ4v) is 3.35. The number of hydrogen-bond acceptors (Lipinski definition) is 8. The number of thioether (sulfide) groups is 1. The van der Waals surface area contributed by atoms with Crippen molar-refractivity contribution >= 4 is 35.1 Å². The van der Waals surface area contributed by atoms with Gasteiger partial charge in [0.25, 0.3) is 17.5 Å². The number of carbonyl (C=O) groups is 2. The number of nitrogens with two attached hydrogens (primary N) is 1. The normalized spacial score (nSPS) is 16.7. The van der Waals surface area contributed by atoms with Gasteiger partial charge in [-0.05, 0) is 17.7 Å². The Morgan fingerprint density at radius 1 is 1.32 bits per heavy atom. The SMILES string of the molecule is Nc1nccnc1C(=O)NN1C(=O)CS[C@H]1c1ccc([N+](=O)[O-])cc1. The van der Waals surface area contributed by atoms with Crippen LogP contribution in [-0.2, 0) is 4.79 Å². The first kappa shape index (κ1) is 16.6. The number of amides is 2. The molecule has 3 N–H and O–H groups in total. The topological polar surface area (TPSA) is 144 Å². The fourth-order valence-electron chi connectivity index (χ4n) is 2.24. The van der Waals surface area contributed by atoms with Gasteiger partial charge >= 0.3 is 0 Å². The molecule has 2 aromatic rings. The third kappa shape index (κ3) is 3.35. The molecule has 0 spiro atoms. The second-order valence-electron chi connectivity index (χ2n) is 5.01. The number of nitrogen functional groups attached to an aromatic ring is 1. The number of hydrogen-bond donors (Lipinski definition) is 2. The number of rotatable bonds is 4. The molecule has 1 aliphatic heterocycles. The van der Waals surface area contributed by atoms with Gasteiger partial charge in [-0.1, -0.05) is 0 Å². The van der Waals surface area contributed by atoms with Crippen molar-refractivity contribution in [2.45, 2.75) is 5.37 Å². The van der Waals surface area contributed by atoms with Gasteiger partial charge in [0.15, 0.2) is 11.5 Å². The molecule has 2 amide bonds. The maximum absolute atomic E-state index is 12.3. The van der Waals surface area contributed by atoms with Crippen LogP contribution < -0.4 is 11.2 Å². The Kier molecular flexibility index (Phi) is 4.48. The average Bonchev–Trinajstić information content (AvgIpc) is 2.96. The Morgan fingerprint density at radius 2 is 2.00 bits per heavy atom. The number of nitro benzene ring substituents is 1. The van der Waals surface area contributed by atoms with Crippen LogP contribution in [0.3, 0.4) is 0 Å². The maximum atomic E-state index is 12.3. The van der Waals surface area contributed by atoms with Crippen molar-refractivity contribution in [2.24, 2.45) is 0 Å². The second kappa shape index (κ2) is 6.73. The molecule has 128 valence electrons. The van der Waals surface area contributed by atoms with E-state index in [1.807, 2.05) is 0 Å². The molecule has 0 bridgehead atoms. The minimum atomic E-state index is -0.659. The van der Waals surface area contributed by atoms with Crippen LogP contribution in [0.1, 0.15) is 21.4 Å². The molecule has 0 aliphatic carbocycles. The van der Waals surface area contributed by atoms with Gasteiger partial charge in [-0.25, -0.2) is 15.0 Å². The number of anilines is 1. The highest BCUT2D eigenvalue weighted by Crippen LogP contribution is 2.37. The number of carbonyl (C=O) groups excluding carboxylic acids is 2. The zero-order valence-electron chi connectivity index (χ0n) is 12.7. The average molecular weight is 360 g/mol. The van der Waals surface area contributed by atoms with Crippen LogP contribution >= 0.6 is 11.8 Å². The highest BCUT2D eigenvalue weighted by molar-refractivity contribution is 8.00. The molecule has 25 heavy (non-hydrogen) atoms. The summed E-state index contributed by atoms with van der Waals surface area (Å²) >= 11 is 1.29. The van der Waals surface area contributed by atoms with E-state index in [1.54, 1.807) is 12.1 Å². The van der Waals surface area contributed by atoms with Gasteiger partial charge in [-0.3, -0.25) is 25.1 Å². The van der Waals surface area contributed by atoms with Crippen molar-refractivity contribution in [3.63, 3.8) is 0 Å². The number of nitrogens with one attached hydrogen (secondary N) is 1. The molecule has 10 nitrogen and oxygen atoms in total. The van der Waals surface area contributed by atoms with Crippen LogP contribution in [0.2, 0.25) is 0 Å². The van der Waals surface area contributed by atoms with E-state index in [4.69, 9.17) is 5.73 Å². The molecule has 11 heteroatoms. The molecule has 0 unspecified atom stereocenters.